The highest BCUT2D eigenvalue weighted by molar-refractivity contribution is 6.43. The second-order valence-electron chi connectivity index (χ2n) is 10.6. The summed E-state index contributed by atoms with van der Waals surface area (Å²) in [6, 6.07) is 10.9. The monoisotopic (exact) mass is 621 g/mol. The quantitative estimate of drug-likeness (QED) is 0.107. The molecule has 0 bridgehead atoms. The third kappa shape index (κ3) is 10.6. The first-order valence-corrected chi connectivity index (χ1v) is 15.5. The minimum atomic E-state index is -0.667. The molecule has 42 heavy (non-hydrogen) atoms. The second kappa shape index (κ2) is 18.2. The van der Waals surface area contributed by atoms with Gasteiger partial charge in [0, 0.05) is 51.4 Å². The first-order chi connectivity index (χ1) is 20.3. The molecule has 1 aliphatic heterocycles. The first kappa shape index (κ1) is 33.9. The zero-order chi connectivity index (χ0) is 30.3. The third-order valence-corrected chi connectivity index (χ3v) is 8.26. The summed E-state index contributed by atoms with van der Waals surface area (Å²) in [6.45, 7) is 6.02. The fraction of sp³-hybridized carbons (Fsp3) is 0.548. The van der Waals surface area contributed by atoms with Crippen molar-refractivity contribution in [2.24, 2.45) is 11.5 Å². The van der Waals surface area contributed by atoms with Crippen molar-refractivity contribution < 1.29 is 19.1 Å². The SMILES string of the molecule is CN(COC(=O)C(N)CCCCN)c1cc(OCCCCN2CCN(c3cccc(Cl)c3Cl)CC2)ccc1CCC=O. The molecular weight excluding hydrogens is 577 g/mol. The maximum absolute atomic E-state index is 12.3. The molecule has 3 rings (SSSR count). The van der Waals surface area contributed by atoms with Crippen LogP contribution in [0.5, 0.6) is 5.75 Å². The van der Waals surface area contributed by atoms with Gasteiger partial charge in [0.2, 0.25) is 0 Å². The maximum Gasteiger partial charge on any atom is 0.324 e. The van der Waals surface area contributed by atoms with Crippen molar-refractivity contribution in [1.29, 1.82) is 0 Å². The van der Waals surface area contributed by atoms with E-state index in [0.717, 1.165) is 87.4 Å². The lowest BCUT2D eigenvalue weighted by atomic mass is 10.1. The van der Waals surface area contributed by atoms with Crippen molar-refractivity contribution >= 4 is 46.8 Å². The molecule has 4 N–H and O–H groups in total. The molecule has 1 aliphatic rings. The summed E-state index contributed by atoms with van der Waals surface area (Å²) in [4.78, 5) is 29.9. The number of piperazine rings is 1. The molecule has 2 aromatic carbocycles. The smallest absolute Gasteiger partial charge is 0.324 e. The Morgan fingerprint density at radius 3 is 2.62 bits per heavy atom. The summed E-state index contributed by atoms with van der Waals surface area (Å²) in [6.07, 6.45) is 6.02. The van der Waals surface area contributed by atoms with Gasteiger partial charge in [-0.25, -0.2) is 0 Å². The molecule has 1 atom stereocenters. The molecule has 1 saturated heterocycles. The standard InChI is InChI=1S/C31H45Cl2N5O4/c1-36(23-42-31(40)27(35)10-2-3-14-34)29-22-25(13-12-24(29)8-7-20-39)41-21-5-4-15-37-16-18-38(19-17-37)28-11-6-9-26(32)30(28)33/h6,9,11-13,20,22,27H,2-5,7-8,10,14-19,21,23,34-35H2,1H3. The number of aryl methyl sites for hydroxylation is 1. The van der Waals surface area contributed by atoms with Crippen LogP contribution in [-0.2, 0) is 20.7 Å². The number of ether oxygens (including phenoxy) is 2. The summed E-state index contributed by atoms with van der Waals surface area (Å²) in [7, 11) is 1.84. The highest BCUT2D eigenvalue weighted by Crippen LogP contribution is 2.33. The molecule has 9 nitrogen and oxygen atoms in total. The van der Waals surface area contributed by atoms with Crippen LogP contribution in [0.25, 0.3) is 0 Å². The van der Waals surface area contributed by atoms with Gasteiger partial charge in [-0.15, -0.1) is 0 Å². The predicted molar refractivity (Wildman–Crippen MR) is 171 cm³/mol. The van der Waals surface area contributed by atoms with Crippen LogP contribution in [-0.4, -0.2) is 82.9 Å². The van der Waals surface area contributed by atoms with E-state index in [4.69, 9.17) is 44.1 Å². The summed E-state index contributed by atoms with van der Waals surface area (Å²) in [5, 5.41) is 1.21. The molecule has 0 amide bonds. The minimum Gasteiger partial charge on any atom is -0.494 e. The van der Waals surface area contributed by atoms with E-state index in [1.54, 1.807) is 0 Å². The number of halogens is 2. The number of carbonyl (C=O) groups is 2. The number of hydrogen-bond donors (Lipinski definition) is 2. The van der Waals surface area contributed by atoms with Gasteiger partial charge in [-0.3, -0.25) is 9.69 Å². The van der Waals surface area contributed by atoms with E-state index in [1.807, 2.05) is 48.3 Å². The minimum absolute atomic E-state index is 0.0533. The number of aldehydes is 1. The number of nitrogens with two attached hydrogens (primary N) is 2. The molecule has 0 aromatic heterocycles. The fourth-order valence-corrected chi connectivity index (χ4v) is 5.37. The Balaban J connectivity index is 1.43. The average molecular weight is 623 g/mol. The van der Waals surface area contributed by atoms with Crippen molar-refractivity contribution in [3.8, 4) is 5.75 Å². The van der Waals surface area contributed by atoms with E-state index in [0.29, 0.717) is 42.5 Å². The average Bonchev–Trinajstić information content (AvgIpc) is 3.00. The highest BCUT2D eigenvalue weighted by Gasteiger charge is 2.20. The summed E-state index contributed by atoms with van der Waals surface area (Å²) in [5.74, 6) is 0.305. The lowest BCUT2D eigenvalue weighted by Crippen LogP contribution is -2.46. The number of rotatable bonds is 18. The van der Waals surface area contributed by atoms with Crippen LogP contribution in [0.3, 0.4) is 0 Å². The number of hydrogen-bond acceptors (Lipinski definition) is 9. The molecule has 0 radical (unpaired) electrons. The molecule has 0 aliphatic carbocycles. The Morgan fingerprint density at radius 1 is 1.10 bits per heavy atom. The second-order valence-corrected chi connectivity index (χ2v) is 11.4. The topological polar surface area (TPSA) is 114 Å². The van der Waals surface area contributed by atoms with Gasteiger partial charge in [0.25, 0.3) is 0 Å². The Kier molecular flexibility index (Phi) is 14.7. The largest absolute Gasteiger partial charge is 0.494 e. The van der Waals surface area contributed by atoms with Crippen LogP contribution in [0.4, 0.5) is 11.4 Å². The fourth-order valence-electron chi connectivity index (χ4n) is 4.95. The Bertz CT molecular complexity index is 1130. The van der Waals surface area contributed by atoms with E-state index < -0.39 is 12.0 Å². The number of benzene rings is 2. The normalized spacial score (nSPS) is 14.5. The van der Waals surface area contributed by atoms with Gasteiger partial charge in [-0.05, 0) is 69.0 Å². The summed E-state index contributed by atoms with van der Waals surface area (Å²) in [5.41, 5.74) is 14.3. The number of anilines is 2. The van der Waals surface area contributed by atoms with Gasteiger partial charge in [-0.2, -0.15) is 0 Å². The van der Waals surface area contributed by atoms with Gasteiger partial charge in [-0.1, -0.05) is 41.8 Å². The van der Waals surface area contributed by atoms with E-state index >= 15 is 0 Å². The number of carbonyl (C=O) groups excluding carboxylic acids is 2. The van der Waals surface area contributed by atoms with E-state index in [1.165, 1.54) is 0 Å². The Morgan fingerprint density at radius 2 is 1.88 bits per heavy atom. The zero-order valence-corrected chi connectivity index (χ0v) is 26.1. The molecule has 1 fully saturated rings. The molecule has 0 saturated carbocycles. The van der Waals surface area contributed by atoms with Crippen molar-refractivity contribution in [1.82, 2.24) is 4.90 Å². The zero-order valence-electron chi connectivity index (χ0n) is 24.6. The molecule has 11 heteroatoms. The molecule has 1 heterocycles. The third-order valence-electron chi connectivity index (χ3n) is 7.45. The van der Waals surface area contributed by atoms with E-state index in [9.17, 15) is 9.59 Å². The van der Waals surface area contributed by atoms with Crippen LogP contribution >= 0.6 is 23.2 Å². The molecule has 0 spiro atoms. The Hall–Kier alpha value is -2.56. The molecule has 1 unspecified atom stereocenters. The first-order valence-electron chi connectivity index (χ1n) is 14.8. The molecule has 232 valence electrons. The van der Waals surface area contributed by atoms with E-state index in [2.05, 4.69) is 9.80 Å². The van der Waals surface area contributed by atoms with Crippen LogP contribution in [0.15, 0.2) is 36.4 Å². The van der Waals surface area contributed by atoms with Gasteiger partial charge in [0.1, 0.15) is 18.1 Å². The van der Waals surface area contributed by atoms with Gasteiger partial charge in [0.05, 0.1) is 22.3 Å². The Labute approximate surface area is 260 Å². The van der Waals surface area contributed by atoms with Crippen LogP contribution < -0.4 is 26.0 Å². The molecule has 2 aromatic rings. The van der Waals surface area contributed by atoms with Gasteiger partial charge < -0.3 is 35.5 Å². The predicted octanol–water partition coefficient (Wildman–Crippen LogP) is 4.50. The van der Waals surface area contributed by atoms with Crippen LogP contribution in [0.2, 0.25) is 10.0 Å². The highest BCUT2D eigenvalue weighted by atomic mass is 35.5. The number of nitrogens with zero attached hydrogens (tertiary/aromatic N) is 3. The number of unbranched alkanes of at least 4 members (excludes halogenated alkanes) is 2. The maximum atomic E-state index is 12.3. The van der Waals surface area contributed by atoms with Gasteiger partial charge in [0.15, 0.2) is 6.73 Å². The van der Waals surface area contributed by atoms with Crippen LogP contribution in [0, 0.1) is 0 Å². The van der Waals surface area contributed by atoms with E-state index in [-0.39, 0.29) is 6.73 Å². The molecular formula is C31H45Cl2N5O4. The van der Waals surface area contributed by atoms with Crippen molar-refractivity contribution in [2.45, 2.75) is 51.0 Å². The van der Waals surface area contributed by atoms with Crippen molar-refractivity contribution in [3.63, 3.8) is 0 Å². The van der Waals surface area contributed by atoms with Crippen molar-refractivity contribution in [3.05, 3.63) is 52.0 Å². The summed E-state index contributed by atoms with van der Waals surface area (Å²) < 4.78 is 11.5. The number of esters is 1. The van der Waals surface area contributed by atoms with Gasteiger partial charge >= 0.3 is 5.97 Å². The lowest BCUT2D eigenvalue weighted by Gasteiger charge is -2.36. The van der Waals surface area contributed by atoms with Crippen LogP contribution in [0.1, 0.15) is 44.1 Å². The van der Waals surface area contributed by atoms with Crippen molar-refractivity contribution in [2.75, 3.05) is 69.5 Å². The summed E-state index contributed by atoms with van der Waals surface area (Å²) >= 11 is 12.6. The lowest BCUT2D eigenvalue weighted by molar-refractivity contribution is -0.145.